The molecule has 3 nitrogen and oxygen atoms in total. The van der Waals surface area contributed by atoms with E-state index in [1.807, 2.05) is 0 Å². The van der Waals surface area contributed by atoms with E-state index < -0.39 is 0 Å². The highest BCUT2D eigenvalue weighted by molar-refractivity contribution is 4.37. The second-order valence-corrected chi connectivity index (χ2v) is 3.01. The average molecular weight is 190 g/mol. The van der Waals surface area contributed by atoms with Crippen molar-refractivity contribution in [1.82, 2.24) is 0 Å². The maximum atomic E-state index is 8.45. The van der Waals surface area contributed by atoms with Gasteiger partial charge in [-0.25, -0.2) is 0 Å². The molecule has 80 valence electrons. The van der Waals surface area contributed by atoms with Gasteiger partial charge in [-0.2, -0.15) is 0 Å². The Morgan fingerprint density at radius 1 is 0.846 bits per heavy atom. The molecule has 0 radical (unpaired) electrons. The third-order valence-electron chi connectivity index (χ3n) is 1.71. The lowest BCUT2D eigenvalue weighted by atomic mass is 10.3. The third-order valence-corrected chi connectivity index (χ3v) is 1.71. The van der Waals surface area contributed by atoms with E-state index in [0.717, 1.165) is 19.4 Å². The van der Waals surface area contributed by atoms with Crippen LogP contribution >= 0.6 is 0 Å². The van der Waals surface area contributed by atoms with E-state index in [9.17, 15) is 0 Å². The van der Waals surface area contributed by atoms with Gasteiger partial charge in [0.05, 0.1) is 13.2 Å². The predicted molar refractivity (Wildman–Crippen MR) is 52.9 cm³/mol. The molecular weight excluding hydrogens is 168 g/mol. The fourth-order valence-electron chi connectivity index (χ4n) is 0.943. The highest BCUT2D eigenvalue weighted by Gasteiger charge is 1.89. The van der Waals surface area contributed by atoms with E-state index in [2.05, 4.69) is 6.92 Å². The molecule has 0 heterocycles. The maximum absolute atomic E-state index is 8.45. The predicted octanol–water partition coefficient (Wildman–Crippen LogP) is 1.59. The largest absolute Gasteiger partial charge is 0.396 e. The van der Waals surface area contributed by atoms with E-state index in [1.54, 1.807) is 0 Å². The fraction of sp³-hybridized carbons (Fsp3) is 1.00. The van der Waals surface area contributed by atoms with Crippen molar-refractivity contribution in [3.8, 4) is 0 Å². The first-order chi connectivity index (χ1) is 6.41. The van der Waals surface area contributed by atoms with Gasteiger partial charge in [-0.05, 0) is 12.8 Å². The summed E-state index contributed by atoms with van der Waals surface area (Å²) in [5, 5.41) is 8.45. The van der Waals surface area contributed by atoms with Gasteiger partial charge in [0.1, 0.15) is 0 Å². The van der Waals surface area contributed by atoms with Crippen LogP contribution < -0.4 is 0 Å². The van der Waals surface area contributed by atoms with Crippen LogP contribution in [0, 0.1) is 0 Å². The Bertz CT molecular complexity index is 76.2. The minimum atomic E-state index is 0.206. The zero-order valence-electron chi connectivity index (χ0n) is 8.63. The summed E-state index contributed by atoms with van der Waals surface area (Å²) in [6, 6.07) is 0. The Morgan fingerprint density at radius 2 is 1.46 bits per heavy atom. The van der Waals surface area contributed by atoms with Crippen molar-refractivity contribution in [2.75, 3.05) is 33.0 Å². The first-order valence-corrected chi connectivity index (χ1v) is 5.18. The molecule has 13 heavy (non-hydrogen) atoms. The van der Waals surface area contributed by atoms with Gasteiger partial charge in [-0.1, -0.05) is 19.8 Å². The lowest BCUT2D eigenvalue weighted by molar-refractivity contribution is 0.0414. The molecule has 0 aliphatic heterocycles. The van der Waals surface area contributed by atoms with E-state index >= 15 is 0 Å². The third kappa shape index (κ3) is 11.9. The molecule has 0 aliphatic rings. The van der Waals surface area contributed by atoms with Crippen LogP contribution in [0.2, 0.25) is 0 Å². The monoisotopic (exact) mass is 190 g/mol. The minimum absolute atomic E-state index is 0.206. The summed E-state index contributed by atoms with van der Waals surface area (Å²) in [6.45, 7) is 5.18. The first kappa shape index (κ1) is 12.9. The highest BCUT2D eigenvalue weighted by Crippen LogP contribution is 1.93. The van der Waals surface area contributed by atoms with Crippen molar-refractivity contribution in [3.63, 3.8) is 0 Å². The Labute approximate surface area is 81.0 Å². The van der Waals surface area contributed by atoms with Crippen LogP contribution in [0.15, 0.2) is 0 Å². The quantitative estimate of drug-likeness (QED) is 0.532. The van der Waals surface area contributed by atoms with Gasteiger partial charge in [0, 0.05) is 19.8 Å². The molecule has 0 unspecified atom stereocenters. The summed E-state index contributed by atoms with van der Waals surface area (Å²) in [4.78, 5) is 0. The normalized spacial score (nSPS) is 10.6. The Balaban J connectivity index is 2.76. The van der Waals surface area contributed by atoms with Crippen molar-refractivity contribution >= 4 is 0 Å². The molecule has 0 atom stereocenters. The summed E-state index contributed by atoms with van der Waals surface area (Å²) >= 11 is 0. The molecule has 3 heteroatoms. The number of rotatable bonds is 10. The van der Waals surface area contributed by atoms with Crippen molar-refractivity contribution in [1.29, 1.82) is 0 Å². The molecular formula is C10H22O3. The summed E-state index contributed by atoms with van der Waals surface area (Å²) in [6.07, 6.45) is 4.34. The van der Waals surface area contributed by atoms with Gasteiger partial charge in [0.15, 0.2) is 0 Å². The Morgan fingerprint density at radius 3 is 2.00 bits per heavy atom. The lowest BCUT2D eigenvalue weighted by Gasteiger charge is -2.04. The number of aliphatic hydroxyl groups is 1. The minimum Gasteiger partial charge on any atom is -0.396 e. The van der Waals surface area contributed by atoms with Crippen molar-refractivity contribution in [3.05, 3.63) is 0 Å². The van der Waals surface area contributed by atoms with Gasteiger partial charge in [-0.3, -0.25) is 0 Å². The van der Waals surface area contributed by atoms with Crippen LogP contribution in [0.3, 0.4) is 0 Å². The summed E-state index contributed by atoms with van der Waals surface area (Å²) in [5.74, 6) is 0. The molecule has 0 rings (SSSR count). The average Bonchev–Trinajstić information content (AvgIpc) is 2.16. The van der Waals surface area contributed by atoms with Crippen LogP contribution in [0.1, 0.15) is 32.6 Å². The number of hydrogen-bond donors (Lipinski definition) is 1. The molecule has 0 bridgehead atoms. The Kier molecular flexibility index (Phi) is 11.8. The lowest BCUT2D eigenvalue weighted by Crippen LogP contribution is -2.06. The van der Waals surface area contributed by atoms with E-state index in [-0.39, 0.29) is 6.61 Å². The summed E-state index contributed by atoms with van der Waals surface area (Å²) in [7, 11) is 0. The van der Waals surface area contributed by atoms with Crippen LogP contribution in [-0.4, -0.2) is 38.1 Å². The molecule has 0 aromatic heterocycles. The molecule has 0 saturated heterocycles. The molecule has 0 saturated carbocycles. The van der Waals surface area contributed by atoms with Crippen LogP contribution in [0.4, 0.5) is 0 Å². The van der Waals surface area contributed by atoms with E-state index in [0.29, 0.717) is 19.8 Å². The molecule has 0 amide bonds. The van der Waals surface area contributed by atoms with Crippen molar-refractivity contribution in [2.24, 2.45) is 0 Å². The first-order valence-electron chi connectivity index (χ1n) is 5.18. The fourth-order valence-corrected chi connectivity index (χ4v) is 0.943. The van der Waals surface area contributed by atoms with Crippen LogP contribution in [0.5, 0.6) is 0 Å². The molecule has 0 aromatic carbocycles. The standard InChI is InChI=1S/C10H22O3/c1-2-3-4-7-12-9-10-13-8-5-6-11/h11H,2-10H2,1H3. The molecule has 0 aliphatic carbocycles. The summed E-state index contributed by atoms with van der Waals surface area (Å²) < 4.78 is 10.5. The van der Waals surface area contributed by atoms with Gasteiger partial charge >= 0.3 is 0 Å². The number of aliphatic hydroxyl groups excluding tert-OH is 1. The SMILES string of the molecule is CCCCCOCCOCCCO. The maximum Gasteiger partial charge on any atom is 0.0700 e. The van der Waals surface area contributed by atoms with Crippen molar-refractivity contribution < 1.29 is 14.6 Å². The number of ether oxygens (including phenoxy) is 2. The van der Waals surface area contributed by atoms with Gasteiger partial charge in [0.2, 0.25) is 0 Å². The molecule has 0 spiro atoms. The van der Waals surface area contributed by atoms with Gasteiger partial charge in [-0.15, -0.1) is 0 Å². The second-order valence-electron chi connectivity index (χ2n) is 3.01. The van der Waals surface area contributed by atoms with Crippen LogP contribution in [-0.2, 0) is 9.47 Å². The Hall–Kier alpha value is -0.120. The van der Waals surface area contributed by atoms with E-state index in [4.69, 9.17) is 14.6 Å². The molecule has 0 aromatic rings. The van der Waals surface area contributed by atoms with Crippen molar-refractivity contribution in [2.45, 2.75) is 32.6 Å². The highest BCUT2D eigenvalue weighted by atomic mass is 16.5. The number of unbranched alkanes of at least 4 members (excludes halogenated alkanes) is 2. The van der Waals surface area contributed by atoms with Gasteiger partial charge < -0.3 is 14.6 Å². The zero-order valence-corrected chi connectivity index (χ0v) is 8.63. The zero-order chi connectivity index (χ0) is 9.78. The summed E-state index contributed by atoms with van der Waals surface area (Å²) in [5.41, 5.74) is 0. The number of hydrogen-bond acceptors (Lipinski definition) is 3. The van der Waals surface area contributed by atoms with Gasteiger partial charge in [0.25, 0.3) is 0 Å². The van der Waals surface area contributed by atoms with E-state index in [1.165, 1.54) is 12.8 Å². The molecule has 1 N–H and O–H groups in total. The molecule has 0 fully saturated rings. The van der Waals surface area contributed by atoms with Crippen LogP contribution in [0.25, 0.3) is 0 Å². The second kappa shape index (κ2) is 11.9. The topological polar surface area (TPSA) is 38.7 Å². The smallest absolute Gasteiger partial charge is 0.0700 e.